The smallest absolute Gasteiger partial charge is 0.224 e. The Bertz CT molecular complexity index is 374. The third-order valence-electron chi connectivity index (χ3n) is 3.16. The van der Waals surface area contributed by atoms with Gasteiger partial charge < -0.3 is 17.7 Å². The molecule has 4 nitrogen and oxygen atoms in total. The van der Waals surface area contributed by atoms with E-state index in [0.29, 0.717) is 6.04 Å². The number of nitrogens with two attached hydrogens (primary N) is 1. The van der Waals surface area contributed by atoms with Crippen LogP contribution >= 0.6 is 0 Å². The SMILES string of the molecule is CC(=O)Nc1ccc([NH2+]C2CCCCC2)nc1.[Cl-]. The average molecular weight is 270 g/mol. The molecule has 0 spiro atoms. The molecule has 2 rings (SSSR count). The first-order valence-corrected chi connectivity index (χ1v) is 6.32. The molecule has 1 heterocycles. The Morgan fingerprint density at radius 2 is 2.06 bits per heavy atom. The molecule has 18 heavy (non-hydrogen) atoms. The minimum absolute atomic E-state index is 0. The second kappa shape index (κ2) is 7.34. The number of carbonyl (C=O) groups excluding carboxylic acids is 1. The highest BCUT2D eigenvalue weighted by Gasteiger charge is 2.17. The second-order valence-electron chi connectivity index (χ2n) is 4.72. The van der Waals surface area contributed by atoms with Crippen LogP contribution in [0.4, 0.5) is 11.5 Å². The molecule has 100 valence electrons. The second-order valence-corrected chi connectivity index (χ2v) is 4.72. The molecule has 5 heteroatoms. The fourth-order valence-electron chi connectivity index (χ4n) is 2.32. The first-order valence-electron chi connectivity index (χ1n) is 6.32. The van der Waals surface area contributed by atoms with E-state index in [1.807, 2.05) is 12.1 Å². The minimum Gasteiger partial charge on any atom is -1.00 e. The topological polar surface area (TPSA) is 58.6 Å². The summed E-state index contributed by atoms with van der Waals surface area (Å²) in [6, 6.07) is 4.56. The van der Waals surface area contributed by atoms with Gasteiger partial charge in [0.25, 0.3) is 0 Å². The number of hydrogen-bond acceptors (Lipinski definition) is 2. The van der Waals surface area contributed by atoms with Crippen LogP contribution in [0, 0.1) is 0 Å². The van der Waals surface area contributed by atoms with Crippen LogP contribution in [0.25, 0.3) is 0 Å². The Balaban J connectivity index is 0.00000162. The van der Waals surface area contributed by atoms with Crippen LogP contribution in [0.3, 0.4) is 0 Å². The van der Waals surface area contributed by atoms with Gasteiger partial charge in [-0.2, -0.15) is 0 Å². The summed E-state index contributed by atoms with van der Waals surface area (Å²) in [5, 5.41) is 4.98. The maximum absolute atomic E-state index is 10.9. The monoisotopic (exact) mass is 269 g/mol. The predicted molar refractivity (Wildman–Crippen MR) is 67.0 cm³/mol. The van der Waals surface area contributed by atoms with Gasteiger partial charge in [-0.25, -0.2) is 4.98 Å². The van der Waals surface area contributed by atoms with Crippen LogP contribution in [-0.2, 0) is 4.79 Å². The zero-order valence-corrected chi connectivity index (χ0v) is 11.4. The normalized spacial score (nSPS) is 15.8. The first-order chi connectivity index (χ1) is 8.24. The molecular formula is C13H20ClN3O. The van der Waals surface area contributed by atoms with Gasteiger partial charge in [0.05, 0.1) is 17.9 Å². The van der Waals surface area contributed by atoms with E-state index in [1.165, 1.54) is 39.0 Å². The number of pyridine rings is 1. The van der Waals surface area contributed by atoms with Gasteiger partial charge in [-0.1, -0.05) is 6.42 Å². The van der Waals surface area contributed by atoms with Crippen molar-refractivity contribution in [3.8, 4) is 0 Å². The molecule has 1 aromatic heterocycles. The van der Waals surface area contributed by atoms with E-state index in [0.717, 1.165) is 11.5 Å². The Hall–Kier alpha value is -1.13. The number of halogens is 1. The van der Waals surface area contributed by atoms with Crippen molar-refractivity contribution >= 4 is 17.4 Å². The third-order valence-corrected chi connectivity index (χ3v) is 3.16. The Morgan fingerprint density at radius 1 is 1.33 bits per heavy atom. The minimum atomic E-state index is -0.0594. The van der Waals surface area contributed by atoms with Gasteiger partial charge in [0, 0.05) is 13.0 Å². The molecule has 0 aliphatic heterocycles. The van der Waals surface area contributed by atoms with Crippen LogP contribution < -0.4 is 23.0 Å². The summed E-state index contributed by atoms with van der Waals surface area (Å²) in [6.45, 7) is 1.50. The number of quaternary nitrogens is 1. The summed E-state index contributed by atoms with van der Waals surface area (Å²) in [6.07, 6.45) is 8.34. The summed E-state index contributed by atoms with van der Waals surface area (Å²) in [5.41, 5.74) is 0.762. The van der Waals surface area contributed by atoms with Gasteiger partial charge in [0.2, 0.25) is 11.7 Å². The highest BCUT2D eigenvalue weighted by molar-refractivity contribution is 5.88. The van der Waals surface area contributed by atoms with E-state index in [4.69, 9.17) is 0 Å². The van der Waals surface area contributed by atoms with E-state index in [-0.39, 0.29) is 18.3 Å². The molecule has 3 N–H and O–H groups in total. The lowest BCUT2D eigenvalue weighted by molar-refractivity contribution is -0.617. The molecule has 1 aromatic rings. The van der Waals surface area contributed by atoms with Crippen LogP contribution in [0.15, 0.2) is 18.3 Å². The van der Waals surface area contributed by atoms with Gasteiger partial charge in [0.1, 0.15) is 0 Å². The molecule has 0 saturated heterocycles. The van der Waals surface area contributed by atoms with Gasteiger partial charge in [-0.05, 0) is 31.7 Å². The van der Waals surface area contributed by atoms with Crippen LogP contribution in [0.2, 0.25) is 0 Å². The van der Waals surface area contributed by atoms with E-state index in [2.05, 4.69) is 15.6 Å². The lowest BCUT2D eigenvalue weighted by atomic mass is 9.95. The van der Waals surface area contributed by atoms with E-state index in [1.54, 1.807) is 6.20 Å². The molecule has 1 saturated carbocycles. The summed E-state index contributed by atoms with van der Waals surface area (Å²) >= 11 is 0. The molecule has 0 atom stereocenters. The maximum Gasteiger partial charge on any atom is 0.224 e. The first kappa shape index (κ1) is 14.9. The molecule has 1 aliphatic carbocycles. The highest BCUT2D eigenvalue weighted by atomic mass is 35.5. The van der Waals surface area contributed by atoms with Crippen LogP contribution in [0.1, 0.15) is 39.0 Å². The van der Waals surface area contributed by atoms with Crippen molar-refractivity contribution < 1.29 is 22.5 Å². The number of aromatic nitrogens is 1. The molecule has 1 amide bonds. The molecule has 0 radical (unpaired) electrons. The van der Waals surface area contributed by atoms with Gasteiger partial charge in [-0.3, -0.25) is 10.1 Å². The largest absolute Gasteiger partial charge is 1.00 e. The Labute approximate surface area is 114 Å². The third kappa shape index (κ3) is 4.63. The van der Waals surface area contributed by atoms with Crippen molar-refractivity contribution in [1.82, 2.24) is 4.98 Å². The van der Waals surface area contributed by atoms with E-state index >= 15 is 0 Å². The summed E-state index contributed by atoms with van der Waals surface area (Å²) < 4.78 is 0. The standard InChI is InChI=1S/C13H19N3O.ClH/c1-10(17)15-12-7-8-13(14-9-12)16-11-5-3-2-4-6-11;/h7-9,11H,2-6H2,1H3,(H,14,16)(H,15,17);1H. The summed E-state index contributed by atoms with van der Waals surface area (Å²) in [5.74, 6) is 0.960. The van der Waals surface area contributed by atoms with Gasteiger partial charge in [-0.15, -0.1) is 0 Å². The maximum atomic E-state index is 10.9. The Morgan fingerprint density at radius 3 is 2.61 bits per heavy atom. The average Bonchev–Trinajstić information content (AvgIpc) is 2.32. The number of nitrogens with zero attached hydrogens (tertiary/aromatic N) is 1. The van der Waals surface area contributed by atoms with Crippen LogP contribution in [-0.4, -0.2) is 16.9 Å². The fraction of sp³-hybridized carbons (Fsp3) is 0.538. The lowest BCUT2D eigenvalue weighted by Crippen LogP contribution is -3.00. The fourth-order valence-corrected chi connectivity index (χ4v) is 2.32. The van der Waals surface area contributed by atoms with Crippen molar-refractivity contribution in [2.45, 2.75) is 45.1 Å². The molecule has 0 unspecified atom stereocenters. The van der Waals surface area contributed by atoms with Crippen molar-refractivity contribution in [2.75, 3.05) is 5.32 Å². The molecule has 0 bridgehead atoms. The number of rotatable bonds is 3. The molecule has 1 aliphatic rings. The Kier molecular flexibility index (Phi) is 6.09. The predicted octanol–water partition coefficient (Wildman–Crippen LogP) is -1.43. The van der Waals surface area contributed by atoms with Crippen molar-refractivity contribution in [1.29, 1.82) is 0 Å². The van der Waals surface area contributed by atoms with Crippen molar-refractivity contribution in [3.63, 3.8) is 0 Å². The van der Waals surface area contributed by atoms with Gasteiger partial charge >= 0.3 is 0 Å². The quantitative estimate of drug-likeness (QED) is 0.707. The molecular weight excluding hydrogens is 250 g/mol. The van der Waals surface area contributed by atoms with Crippen LogP contribution in [0.5, 0.6) is 0 Å². The highest BCUT2D eigenvalue weighted by Crippen LogP contribution is 2.15. The number of carbonyl (C=O) groups is 1. The molecule has 0 aromatic carbocycles. The number of anilines is 1. The summed E-state index contributed by atoms with van der Waals surface area (Å²) in [7, 11) is 0. The number of amides is 1. The van der Waals surface area contributed by atoms with Gasteiger partial charge in [0.15, 0.2) is 0 Å². The van der Waals surface area contributed by atoms with Crippen molar-refractivity contribution in [3.05, 3.63) is 18.3 Å². The lowest BCUT2D eigenvalue weighted by Gasteiger charge is -2.18. The van der Waals surface area contributed by atoms with E-state index < -0.39 is 0 Å². The molecule has 1 fully saturated rings. The number of hydrogen-bond donors (Lipinski definition) is 2. The summed E-state index contributed by atoms with van der Waals surface area (Å²) in [4.78, 5) is 15.2. The zero-order valence-electron chi connectivity index (χ0n) is 10.7. The zero-order chi connectivity index (χ0) is 12.1. The number of nitrogens with one attached hydrogen (secondary N) is 1. The van der Waals surface area contributed by atoms with Crippen molar-refractivity contribution in [2.24, 2.45) is 0 Å². The van der Waals surface area contributed by atoms with E-state index in [9.17, 15) is 4.79 Å².